The van der Waals surface area contributed by atoms with Gasteiger partial charge in [0.1, 0.15) is 0 Å². The predicted molar refractivity (Wildman–Crippen MR) is 104 cm³/mol. The first kappa shape index (κ1) is 19.5. The molecule has 0 unspecified atom stereocenters. The summed E-state index contributed by atoms with van der Waals surface area (Å²) in [5.41, 5.74) is 1.54. The normalized spacial score (nSPS) is 10.5. The Balaban J connectivity index is 1.61. The first-order valence-electron chi connectivity index (χ1n) is 8.48. The number of hydrogen-bond acceptors (Lipinski definition) is 6. The van der Waals surface area contributed by atoms with Gasteiger partial charge < -0.3 is 14.7 Å². The standard InChI is InChI=1S/C19H18ClN5O3/c1-25(2)19(27)12-5-6-14(20)15(10-12)22-16(26)7-8-17-23-18(24-28-17)13-4-3-9-21-11-13/h3-6,9-11H,7-8H2,1-2H3,(H,22,26). The second kappa shape index (κ2) is 8.62. The van der Waals surface area contributed by atoms with Gasteiger partial charge in [-0.15, -0.1) is 0 Å². The minimum absolute atomic E-state index is 0.122. The molecule has 2 aromatic heterocycles. The molecule has 0 aliphatic carbocycles. The molecule has 0 saturated heterocycles. The van der Waals surface area contributed by atoms with Crippen molar-refractivity contribution in [2.45, 2.75) is 12.8 Å². The second-order valence-electron chi connectivity index (χ2n) is 6.20. The largest absolute Gasteiger partial charge is 0.345 e. The lowest BCUT2D eigenvalue weighted by atomic mass is 10.1. The third-order valence-electron chi connectivity index (χ3n) is 3.85. The van der Waals surface area contributed by atoms with Crippen molar-refractivity contribution in [3.8, 4) is 11.4 Å². The zero-order valence-electron chi connectivity index (χ0n) is 15.3. The van der Waals surface area contributed by atoms with E-state index in [0.717, 1.165) is 5.56 Å². The summed E-state index contributed by atoms with van der Waals surface area (Å²) in [4.78, 5) is 34.0. The maximum atomic E-state index is 12.3. The van der Waals surface area contributed by atoms with Gasteiger partial charge in [0, 0.05) is 50.5 Å². The van der Waals surface area contributed by atoms with Crippen LogP contribution < -0.4 is 5.32 Å². The van der Waals surface area contributed by atoms with Crippen molar-refractivity contribution in [2.75, 3.05) is 19.4 Å². The number of carbonyl (C=O) groups excluding carboxylic acids is 2. The van der Waals surface area contributed by atoms with Crippen molar-refractivity contribution in [1.82, 2.24) is 20.0 Å². The summed E-state index contributed by atoms with van der Waals surface area (Å²) in [7, 11) is 3.30. The van der Waals surface area contributed by atoms with Gasteiger partial charge in [0.2, 0.25) is 17.6 Å². The van der Waals surface area contributed by atoms with Gasteiger partial charge in [-0.2, -0.15) is 4.98 Å². The molecule has 0 fully saturated rings. The van der Waals surface area contributed by atoms with Crippen LogP contribution in [-0.2, 0) is 11.2 Å². The summed E-state index contributed by atoms with van der Waals surface area (Å²) in [5.74, 6) is 0.302. The number of nitrogens with zero attached hydrogens (tertiary/aromatic N) is 4. The van der Waals surface area contributed by atoms with Crippen LogP contribution in [0.3, 0.4) is 0 Å². The Morgan fingerprint density at radius 2 is 2.07 bits per heavy atom. The molecule has 8 nitrogen and oxygen atoms in total. The number of hydrogen-bond donors (Lipinski definition) is 1. The first-order chi connectivity index (χ1) is 13.4. The van der Waals surface area contributed by atoms with E-state index in [0.29, 0.717) is 28.0 Å². The maximum absolute atomic E-state index is 12.3. The van der Waals surface area contributed by atoms with Crippen molar-refractivity contribution >= 4 is 29.1 Å². The summed E-state index contributed by atoms with van der Waals surface area (Å²) < 4.78 is 5.18. The van der Waals surface area contributed by atoms with Crippen LogP contribution >= 0.6 is 11.6 Å². The molecule has 144 valence electrons. The molecule has 0 saturated carbocycles. The number of pyridine rings is 1. The molecule has 3 rings (SSSR count). The van der Waals surface area contributed by atoms with E-state index in [4.69, 9.17) is 16.1 Å². The average molecular weight is 400 g/mol. The number of amides is 2. The van der Waals surface area contributed by atoms with Crippen LogP contribution in [0.25, 0.3) is 11.4 Å². The highest BCUT2D eigenvalue weighted by molar-refractivity contribution is 6.33. The van der Waals surface area contributed by atoms with E-state index >= 15 is 0 Å². The van der Waals surface area contributed by atoms with Gasteiger partial charge in [0.25, 0.3) is 5.91 Å². The van der Waals surface area contributed by atoms with Crippen LogP contribution in [0.1, 0.15) is 22.7 Å². The maximum Gasteiger partial charge on any atom is 0.253 e. The van der Waals surface area contributed by atoms with Crippen molar-refractivity contribution < 1.29 is 14.1 Å². The number of halogens is 1. The smallest absolute Gasteiger partial charge is 0.253 e. The van der Waals surface area contributed by atoms with E-state index in [1.807, 2.05) is 6.07 Å². The van der Waals surface area contributed by atoms with Gasteiger partial charge in [-0.25, -0.2) is 0 Å². The number of benzene rings is 1. The van der Waals surface area contributed by atoms with Crippen LogP contribution in [0.5, 0.6) is 0 Å². The number of carbonyl (C=O) groups is 2. The number of anilines is 1. The summed E-state index contributed by atoms with van der Waals surface area (Å²) in [6.07, 6.45) is 3.68. The van der Waals surface area contributed by atoms with Gasteiger partial charge in [0.15, 0.2) is 0 Å². The van der Waals surface area contributed by atoms with Crippen LogP contribution in [-0.4, -0.2) is 45.9 Å². The topological polar surface area (TPSA) is 101 Å². The van der Waals surface area contributed by atoms with Gasteiger partial charge >= 0.3 is 0 Å². The molecule has 2 heterocycles. The molecule has 1 aromatic carbocycles. The summed E-state index contributed by atoms with van der Waals surface area (Å²) in [5, 5.41) is 6.95. The van der Waals surface area contributed by atoms with Crippen LogP contribution in [0.2, 0.25) is 5.02 Å². The zero-order chi connectivity index (χ0) is 20.1. The fraction of sp³-hybridized carbons (Fsp3) is 0.211. The fourth-order valence-corrected chi connectivity index (χ4v) is 2.58. The number of aryl methyl sites for hydroxylation is 1. The second-order valence-corrected chi connectivity index (χ2v) is 6.60. The molecule has 0 bridgehead atoms. The highest BCUT2D eigenvalue weighted by Gasteiger charge is 2.14. The van der Waals surface area contributed by atoms with E-state index in [1.54, 1.807) is 50.8 Å². The van der Waals surface area contributed by atoms with Crippen molar-refractivity contribution in [3.05, 3.63) is 59.2 Å². The monoisotopic (exact) mass is 399 g/mol. The van der Waals surface area contributed by atoms with Gasteiger partial charge in [-0.3, -0.25) is 14.6 Å². The lowest BCUT2D eigenvalue weighted by Crippen LogP contribution is -2.22. The van der Waals surface area contributed by atoms with Crippen LogP contribution in [0, 0.1) is 0 Å². The van der Waals surface area contributed by atoms with Gasteiger partial charge in [0.05, 0.1) is 10.7 Å². The van der Waals surface area contributed by atoms with E-state index in [-0.39, 0.29) is 24.7 Å². The van der Waals surface area contributed by atoms with E-state index in [1.165, 1.54) is 4.90 Å². The molecule has 28 heavy (non-hydrogen) atoms. The minimum atomic E-state index is -0.280. The number of aromatic nitrogens is 3. The quantitative estimate of drug-likeness (QED) is 0.683. The molecule has 1 N–H and O–H groups in total. The molecule has 2 amide bonds. The molecular weight excluding hydrogens is 382 g/mol. The lowest BCUT2D eigenvalue weighted by molar-refractivity contribution is -0.116. The molecule has 0 spiro atoms. The predicted octanol–water partition coefficient (Wildman–Crippen LogP) is 3.06. The Morgan fingerprint density at radius 1 is 1.25 bits per heavy atom. The molecule has 0 atom stereocenters. The van der Waals surface area contributed by atoms with E-state index in [2.05, 4.69) is 20.4 Å². The third-order valence-corrected chi connectivity index (χ3v) is 4.18. The highest BCUT2D eigenvalue weighted by Crippen LogP contribution is 2.24. The van der Waals surface area contributed by atoms with Gasteiger partial charge in [-0.1, -0.05) is 16.8 Å². The molecule has 9 heteroatoms. The van der Waals surface area contributed by atoms with Crippen molar-refractivity contribution in [2.24, 2.45) is 0 Å². The van der Waals surface area contributed by atoms with E-state index in [9.17, 15) is 9.59 Å². The van der Waals surface area contributed by atoms with Crippen molar-refractivity contribution in [3.63, 3.8) is 0 Å². The Labute approximate surface area is 166 Å². The van der Waals surface area contributed by atoms with E-state index < -0.39 is 0 Å². The molecule has 0 radical (unpaired) electrons. The number of nitrogens with one attached hydrogen (secondary N) is 1. The minimum Gasteiger partial charge on any atom is -0.345 e. The molecule has 0 aliphatic heterocycles. The Bertz CT molecular complexity index is 988. The Morgan fingerprint density at radius 3 is 2.79 bits per heavy atom. The Kier molecular flexibility index (Phi) is 6.00. The SMILES string of the molecule is CN(C)C(=O)c1ccc(Cl)c(NC(=O)CCc2nc(-c3cccnc3)no2)c1. The van der Waals surface area contributed by atoms with Gasteiger partial charge in [-0.05, 0) is 30.3 Å². The summed E-state index contributed by atoms with van der Waals surface area (Å²) >= 11 is 6.13. The average Bonchev–Trinajstić information content (AvgIpc) is 3.17. The summed E-state index contributed by atoms with van der Waals surface area (Å²) in [6, 6.07) is 8.33. The van der Waals surface area contributed by atoms with Crippen LogP contribution in [0.4, 0.5) is 5.69 Å². The Hall–Kier alpha value is -3.26. The molecule has 3 aromatic rings. The third kappa shape index (κ3) is 4.72. The number of rotatable bonds is 6. The van der Waals surface area contributed by atoms with Crippen molar-refractivity contribution in [1.29, 1.82) is 0 Å². The molecule has 0 aliphatic rings. The lowest BCUT2D eigenvalue weighted by Gasteiger charge is -2.12. The van der Waals surface area contributed by atoms with Crippen LogP contribution in [0.15, 0.2) is 47.2 Å². The highest BCUT2D eigenvalue weighted by atomic mass is 35.5. The zero-order valence-corrected chi connectivity index (χ0v) is 16.1. The summed E-state index contributed by atoms with van der Waals surface area (Å²) in [6.45, 7) is 0. The molecular formula is C19H18ClN5O3. The fourth-order valence-electron chi connectivity index (χ4n) is 2.41. The first-order valence-corrected chi connectivity index (χ1v) is 8.86.